The molecule has 0 saturated carbocycles. The maximum Gasteiger partial charge on any atom is 0.317 e. The number of hydrogen-bond donors (Lipinski definition) is 3. The van der Waals surface area contributed by atoms with Crippen molar-refractivity contribution < 1.29 is 23.1 Å². The fraction of sp³-hybridized carbons (Fsp3) is 0.273. The van der Waals surface area contributed by atoms with Crippen LogP contribution in [0.25, 0.3) is 0 Å². The Kier molecular flexibility index (Phi) is 5.02. The molecule has 0 heterocycles. The van der Waals surface area contributed by atoms with E-state index in [2.05, 4.69) is 5.32 Å². The lowest BCUT2D eigenvalue weighted by atomic mass is 10.2. The molecule has 1 aromatic rings. The molecule has 1 rings (SSSR count). The van der Waals surface area contributed by atoms with Crippen LogP contribution in [0.5, 0.6) is 0 Å². The average molecular weight is 286 g/mol. The van der Waals surface area contributed by atoms with Crippen molar-refractivity contribution >= 4 is 21.9 Å². The van der Waals surface area contributed by atoms with Crippen LogP contribution >= 0.6 is 0 Å². The molecule has 0 aromatic heterocycles. The molecule has 19 heavy (non-hydrogen) atoms. The van der Waals surface area contributed by atoms with Gasteiger partial charge < -0.3 is 5.11 Å². The van der Waals surface area contributed by atoms with Crippen LogP contribution in [0.4, 0.5) is 0 Å². The van der Waals surface area contributed by atoms with E-state index in [0.717, 1.165) is 5.56 Å². The topological polar surface area (TPSA) is 113 Å². The minimum atomic E-state index is -3.91. The van der Waals surface area contributed by atoms with Crippen LogP contribution in [0, 0.1) is 6.92 Å². The van der Waals surface area contributed by atoms with Crippen molar-refractivity contribution in [3.05, 3.63) is 29.8 Å². The third-order valence-corrected chi connectivity index (χ3v) is 3.53. The molecule has 0 fully saturated rings. The number of sulfonamides is 1. The van der Waals surface area contributed by atoms with Gasteiger partial charge in [-0.1, -0.05) is 17.7 Å². The van der Waals surface area contributed by atoms with Crippen LogP contribution in [-0.2, 0) is 19.6 Å². The van der Waals surface area contributed by atoms with Gasteiger partial charge in [0.25, 0.3) is 10.0 Å². The Balaban J connectivity index is 2.62. The largest absolute Gasteiger partial charge is 0.480 e. The predicted octanol–water partition coefficient (Wildman–Crippen LogP) is -0.526. The summed E-state index contributed by atoms with van der Waals surface area (Å²) in [5.74, 6) is -1.95. The summed E-state index contributed by atoms with van der Waals surface area (Å²) in [4.78, 5) is 21.5. The Morgan fingerprint density at radius 2 is 1.74 bits per heavy atom. The molecule has 0 aliphatic heterocycles. The van der Waals surface area contributed by atoms with Crippen molar-refractivity contribution in [1.82, 2.24) is 10.0 Å². The zero-order chi connectivity index (χ0) is 14.5. The monoisotopic (exact) mass is 286 g/mol. The fourth-order valence-electron chi connectivity index (χ4n) is 1.25. The number of hydrogen-bond acceptors (Lipinski definition) is 5. The van der Waals surface area contributed by atoms with E-state index in [4.69, 9.17) is 5.11 Å². The number of carboxylic acids is 1. The zero-order valence-corrected chi connectivity index (χ0v) is 11.0. The summed E-state index contributed by atoms with van der Waals surface area (Å²) in [6.07, 6.45) is 0. The number of amides is 1. The van der Waals surface area contributed by atoms with Crippen molar-refractivity contribution in [2.75, 3.05) is 13.1 Å². The van der Waals surface area contributed by atoms with Crippen molar-refractivity contribution in [2.45, 2.75) is 11.8 Å². The van der Waals surface area contributed by atoms with E-state index >= 15 is 0 Å². The molecule has 0 atom stereocenters. The van der Waals surface area contributed by atoms with E-state index in [0.29, 0.717) is 0 Å². The normalized spacial score (nSPS) is 11.0. The SMILES string of the molecule is Cc1ccc(S(=O)(=O)NC(=O)CNCC(=O)O)cc1. The predicted molar refractivity (Wildman–Crippen MR) is 67.0 cm³/mol. The highest BCUT2D eigenvalue weighted by molar-refractivity contribution is 7.90. The van der Waals surface area contributed by atoms with E-state index in [1.807, 2.05) is 11.6 Å². The van der Waals surface area contributed by atoms with Gasteiger partial charge in [-0.05, 0) is 19.1 Å². The van der Waals surface area contributed by atoms with E-state index in [1.165, 1.54) is 12.1 Å². The number of aliphatic carboxylic acids is 1. The first-order valence-corrected chi connectivity index (χ1v) is 6.84. The van der Waals surface area contributed by atoms with Crippen LogP contribution in [0.15, 0.2) is 29.2 Å². The van der Waals surface area contributed by atoms with E-state index in [9.17, 15) is 18.0 Å². The highest BCUT2D eigenvalue weighted by atomic mass is 32.2. The van der Waals surface area contributed by atoms with E-state index in [1.54, 1.807) is 12.1 Å². The summed E-state index contributed by atoms with van der Waals surface area (Å²) in [5, 5.41) is 10.6. The minimum Gasteiger partial charge on any atom is -0.480 e. The third kappa shape index (κ3) is 5.06. The quantitative estimate of drug-likeness (QED) is 0.648. The molecular formula is C11H14N2O5S. The average Bonchev–Trinajstić information content (AvgIpc) is 2.28. The first kappa shape index (κ1) is 15.1. The summed E-state index contributed by atoms with van der Waals surface area (Å²) in [7, 11) is -3.91. The van der Waals surface area contributed by atoms with Gasteiger partial charge in [0.2, 0.25) is 5.91 Å². The number of carboxylic acid groups (broad SMARTS) is 1. The molecule has 1 aromatic carbocycles. The lowest BCUT2D eigenvalue weighted by Crippen LogP contribution is -2.39. The summed E-state index contributed by atoms with van der Waals surface area (Å²) >= 11 is 0. The lowest BCUT2D eigenvalue weighted by Gasteiger charge is -2.07. The van der Waals surface area contributed by atoms with Gasteiger partial charge in [-0.15, -0.1) is 0 Å². The number of carbonyl (C=O) groups excluding carboxylic acids is 1. The van der Waals surface area contributed by atoms with E-state index in [-0.39, 0.29) is 4.90 Å². The van der Waals surface area contributed by atoms with Gasteiger partial charge in [0, 0.05) is 0 Å². The number of rotatable bonds is 6. The fourth-order valence-corrected chi connectivity index (χ4v) is 2.23. The summed E-state index contributed by atoms with van der Waals surface area (Å²) in [6.45, 7) is 1.00. The summed E-state index contributed by atoms with van der Waals surface area (Å²) in [6, 6.07) is 5.99. The maximum absolute atomic E-state index is 11.8. The Hall–Kier alpha value is -1.93. The molecule has 0 radical (unpaired) electrons. The van der Waals surface area contributed by atoms with Crippen molar-refractivity contribution in [3.63, 3.8) is 0 Å². The molecule has 8 heteroatoms. The van der Waals surface area contributed by atoms with Crippen LogP contribution in [0.1, 0.15) is 5.56 Å². The van der Waals surface area contributed by atoms with Gasteiger partial charge in [0.1, 0.15) is 0 Å². The highest BCUT2D eigenvalue weighted by Crippen LogP contribution is 2.09. The lowest BCUT2D eigenvalue weighted by molar-refractivity contribution is -0.135. The van der Waals surface area contributed by atoms with Gasteiger partial charge in [0.15, 0.2) is 0 Å². The summed E-state index contributed by atoms with van der Waals surface area (Å²) in [5.41, 5.74) is 0.897. The zero-order valence-electron chi connectivity index (χ0n) is 10.2. The molecule has 0 unspecified atom stereocenters. The van der Waals surface area contributed by atoms with Crippen molar-refractivity contribution in [2.24, 2.45) is 0 Å². The van der Waals surface area contributed by atoms with Crippen molar-refractivity contribution in [3.8, 4) is 0 Å². The molecular weight excluding hydrogens is 272 g/mol. The second kappa shape index (κ2) is 6.30. The molecule has 1 amide bonds. The van der Waals surface area contributed by atoms with Gasteiger partial charge in [-0.3, -0.25) is 14.9 Å². The van der Waals surface area contributed by atoms with Crippen molar-refractivity contribution in [1.29, 1.82) is 0 Å². The van der Waals surface area contributed by atoms with Crippen LogP contribution in [-0.4, -0.2) is 38.5 Å². The number of benzene rings is 1. The molecule has 0 aliphatic rings. The second-order valence-corrected chi connectivity index (χ2v) is 5.52. The third-order valence-electron chi connectivity index (χ3n) is 2.14. The molecule has 0 aliphatic carbocycles. The first-order valence-electron chi connectivity index (χ1n) is 5.36. The molecule has 0 spiro atoms. The minimum absolute atomic E-state index is 0.0234. The highest BCUT2D eigenvalue weighted by Gasteiger charge is 2.17. The maximum atomic E-state index is 11.8. The molecule has 104 valence electrons. The Bertz CT molecular complexity index is 565. The number of carbonyl (C=O) groups is 2. The number of nitrogens with one attached hydrogen (secondary N) is 2. The Morgan fingerprint density at radius 1 is 1.16 bits per heavy atom. The molecule has 0 saturated heterocycles. The standard InChI is InChI=1S/C11H14N2O5S/c1-8-2-4-9(5-3-8)19(17,18)13-10(14)6-12-7-11(15)16/h2-5,12H,6-7H2,1H3,(H,13,14)(H,15,16). The van der Waals surface area contributed by atoms with Crippen LogP contribution < -0.4 is 10.0 Å². The van der Waals surface area contributed by atoms with Gasteiger partial charge in [-0.2, -0.15) is 0 Å². The Labute approximate surface area is 110 Å². The van der Waals surface area contributed by atoms with E-state index < -0.39 is 35.0 Å². The van der Waals surface area contributed by atoms with Gasteiger partial charge >= 0.3 is 5.97 Å². The van der Waals surface area contributed by atoms with Gasteiger partial charge in [0.05, 0.1) is 18.0 Å². The molecule has 3 N–H and O–H groups in total. The Morgan fingerprint density at radius 3 is 2.26 bits per heavy atom. The number of aryl methyl sites for hydroxylation is 1. The molecule has 0 bridgehead atoms. The second-order valence-electron chi connectivity index (χ2n) is 3.84. The smallest absolute Gasteiger partial charge is 0.317 e. The van der Waals surface area contributed by atoms with Gasteiger partial charge in [-0.25, -0.2) is 13.1 Å². The van der Waals surface area contributed by atoms with Crippen LogP contribution in [0.3, 0.4) is 0 Å². The molecule has 7 nitrogen and oxygen atoms in total. The summed E-state index contributed by atoms with van der Waals surface area (Å²) < 4.78 is 25.4. The van der Waals surface area contributed by atoms with Crippen LogP contribution in [0.2, 0.25) is 0 Å². The first-order chi connectivity index (χ1) is 8.81.